The van der Waals surface area contributed by atoms with Crippen molar-refractivity contribution in [1.29, 1.82) is 0 Å². The molecule has 0 aliphatic carbocycles. The number of esters is 1. The normalized spacial score (nSPS) is 19.5. The number of carbonyl (C=O) groups is 2. The maximum atomic E-state index is 12.7. The van der Waals surface area contributed by atoms with E-state index in [1.54, 1.807) is 0 Å². The van der Waals surface area contributed by atoms with Crippen LogP contribution in [0.4, 0.5) is 4.79 Å². The first-order chi connectivity index (χ1) is 12.3. The van der Waals surface area contributed by atoms with Gasteiger partial charge in [0.2, 0.25) is 0 Å². The van der Waals surface area contributed by atoms with Crippen LogP contribution in [0.15, 0.2) is 30.3 Å². The summed E-state index contributed by atoms with van der Waals surface area (Å²) in [6.45, 7) is 7.08. The highest BCUT2D eigenvalue weighted by molar-refractivity contribution is 6.83. The Morgan fingerprint density at radius 3 is 2.54 bits per heavy atom. The van der Waals surface area contributed by atoms with Crippen LogP contribution in [0.1, 0.15) is 24.8 Å². The van der Waals surface area contributed by atoms with E-state index in [4.69, 9.17) is 9.47 Å². The van der Waals surface area contributed by atoms with Crippen molar-refractivity contribution in [1.82, 2.24) is 4.90 Å². The Morgan fingerprint density at radius 1 is 1.23 bits per heavy atom. The predicted octanol–water partition coefficient (Wildman–Crippen LogP) is 3.60. The van der Waals surface area contributed by atoms with Crippen molar-refractivity contribution in [3.63, 3.8) is 0 Å². The van der Waals surface area contributed by atoms with E-state index in [1.807, 2.05) is 30.3 Å². The largest absolute Gasteiger partial charge is 0.467 e. The number of nitrogens with zero attached hydrogens (tertiary/aromatic N) is 1. The van der Waals surface area contributed by atoms with Gasteiger partial charge in [-0.1, -0.05) is 50.0 Å². The Labute approximate surface area is 156 Å². The van der Waals surface area contributed by atoms with E-state index in [0.29, 0.717) is 13.0 Å². The molecule has 1 saturated heterocycles. The lowest BCUT2D eigenvalue weighted by molar-refractivity contribution is -0.152. The van der Waals surface area contributed by atoms with Gasteiger partial charge in [-0.2, -0.15) is 0 Å². The Hall–Kier alpha value is -2.26. The van der Waals surface area contributed by atoms with E-state index in [1.165, 1.54) is 12.0 Å². The molecule has 0 radical (unpaired) electrons. The quantitative estimate of drug-likeness (QED) is 0.460. The molecule has 0 bridgehead atoms. The Bertz CT molecular complexity index is 702. The van der Waals surface area contributed by atoms with Crippen LogP contribution in [0.25, 0.3) is 0 Å². The molecule has 6 heteroatoms. The van der Waals surface area contributed by atoms with Gasteiger partial charge in [0.25, 0.3) is 0 Å². The molecule has 0 saturated carbocycles. The van der Waals surface area contributed by atoms with Gasteiger partial charge in [0.1, 0.15) is 14.7 Å². The van der Waals surface area contributed by atoms with Gasteiger partial charge in [-0.25, -0.2) is 9.59 Å². The van der Waals surface area contributed by atoms with Gasteiger partial charge < -0.3 is 9.47 Å². The minimum absolute atomic E-state index is 0.175. The summed E-state index contributed by atoms with van der Waals surface area (Å²) in [6, 6.07) is 9.48. The topological polar surface area (TPSA) is 55.8 Å². The van der Waals surface area contributed by atoms with Crippen molar-refractivity contribution >= 4 is 20.1 Å². The summed E-state index contributed by atoms with van der Waals surface area (Å²) in [5.41, 5.74) is 3.13. The highest BCUT2D eigenvalue weighted by atomic mass is 28.3. The molecule has 0 N–H and O–H groups in total. The minimum atomic E-state index is -1.56. The molecule has 1 aliphatic rings. The van der Waals surface area contributed by atoms with Crippen molar-refractivity contribution < 1.29 is 19.1 Å². The number of rotatable bonds is 4. The van der Waals surface area contributed by atoms with E-state index in [-0.39, 0.29) is 13.0 Å². The molecule has 1 aliphatic heterocycles. The lowest BCUT2D eigenvalue weighted by Crippen LogP contribution is -2.53. The molecule has 0 unspecified atom stereocenters. The third kappa shape index (κ3) is 4.89. The number of amides is 1. The Kier molecular flexibility index (Phi) is 6.49. The third-order valence-electron chi connectivity index (χ3n) is 4.32. The fraction of sp³-hybridized carbons (Fsp3) is 0.500. The summed E-state index contributed by atoms with van der Waals surface area (Å²) < 4.78 is 10.5. The van der Waals surface area contributed by atoms with Crippen molar-refractivity contribution in [2.24, 2.45) is 0 Å². The van der Waals surface area contributed by atoms with Crippen LogP contribution in [0.2, 0.25) is 19.6 Å². The van der Waals surface area contributed by atoms with Gasteiger partial charge >= 0.3 is 12.1 Å². The van der Waals surface area contributed by atoms with E-state index in [2.05, 4.69) is 31.1 Å². The lowest BCUT2D eigenvalue weighted by atomic mass is 9.92. The van der Waals surface area contributed by atoms with Crippen molar-refractivity contribution in [3.05, 3.63) is 35.9 Å². The van der Waals surface area contributed by atoms with Crippen LogP contribution in [-0.2, 0) is 20.9 Å². The van der Waals surface area contributed by atoms with Crippen LogP contribution < -0.4 is 0 Å². The monoisotopic (exact) mass is 373 g/mol. The second-order valence-electron chi connectivity index (χ2n) is 7.55. The molecule has 5 nitrogen and oxygen atoms in total. The zero-order valence-corrected chi connectivity index (χ0v) is 17.0. The fourth-order valence-electron chi connectivity index (χ4n) is 3.06. The summed E-state index contributed by atoms with van der Waals surface area (Å²) >= 11 is 0. The first-order valence-electron chi connectivity index (χ1n) is 8.85. The molecular weight excluding hydrogens is 346 g/mol. The van der Waals surface area contributed by atoms with Crippen LogP contribution in [0.3, 0.4) is 0 Å². The van der Waals surface area contributed by atoms with E-state index in [9.17, 15) is 9.59 Å². The van der Waals surface area contributed by atoms with Crippen LogP contribution in [0, 0.1) is 11.5 Å². The summed E-state index contributed by atoms with van der Waals surface area (Å²) in [5.74, 6) is 2.72. The second kappa shape index (κ2) is 8.41. The average molecular weight is 374 g/mol. The van der Waals surface area contributed by atoms with Gasteiger partial charge in [-0.05, 0) is 18.4 Å². The molecule has 1 amide bonds. The van der Waals surface area contributed by atoms with Crippen molar-refractivity contribution in [3.8, 4) is 11.5 Å². The number of hydrogen-bond donors (Lipinski definition) is 0. The summed E-state index contributed by atoms with van der Waals surface area (Å²) in [4.78, 5) is 26.7. The van der Waals surface area contributed by atoms with E-state index < -0.39 is 25.7 Å². The molecule has 1 aromatic carbocycles. The molecule has 26 heavy (non-hydrogen) atoms. The molecule has 140 valence electrons. The highest BCUT2D eigenvalue weighted by Gasteiger charge is 2.51. The number of benzene rings is 1. The molecule has 1 fully saturated rings. The van der Waals surface area contributed by atoms with Gasteiger partial charge in [-0.3, -0.25) is 4.90 Å². The fourth-order valence-corrected chi connectivity index (χ4v) is 3.67. The number of hydrogen-bond acceptors (Lipinski definition) is 4. The Balaban J connectivity index is 2.16. The minimum Gasteiger partial charge on any atom is -0.467 e. The first-order valence-corrected chi connectivity index (χ1v) is 12.4. The number of likely N-dealkylation sites (tertiary alicyclic amines) is 1. The maximum Gasteiger partial charge on any atom is 0.411 e. The molecular formula is C20H27NO4Si. The summed E-state index contributed by atoms with van der Waals surface area (Å²) in [7, 11) is -0.214. The number of carbonyl (C=O) groups excluding carboxylic acids is 2. The molecule has 1 atom stereocenters. The van der Waals surface area contributed by atoms with Crippen LogP contribution in [0.5, 0.6) is 0 Å². The van der Waals surface area contributed by atoms with Crippen molar-refractivity contribution in [2.75, 3.05) is 13.7 Å². The number of methoxy groups -OCH3 is 1. The SMILES string of the molecule is COC(=O)[C@]1(CC#C[Si](C)(C)C)CCCN1C(=O)OCc1ccccc1. The first kappa shape index (κ1) is 20.1. The lowest BCUT2D eigenvalue weighted by Gasteiger charge is -2.33. The summed E-state index contributed by atoms with van der Waals surface area (Å²) in [6.07, 6.45) is 1.06. The molecule has 1 aromatic rings. The van der Waals surface area contributed by atoms with Gasteiger partial charge in [0.15, 0.2) is 5.54 Å². The summed E-state index contributed by atoms with van der Waals surface area (Å²) in [5, 5.41) is 0. The van der Waals surface area contributed by atoms with E-state index in [0.717, 1.165) is 12.0 Å². The second-order valence-corrected chi connectivity index (χ2v) is 12.3. The van der Waals surface area contributed by atoms with Crippen LogP contribution >= 0.6 is 0 Å². The van der Waals surface area contributed by atoms with Gasteiger partial charge in [0, 0.05) is 13.0 Å². The smallest absolute Gasteiger partial charge is 0.411 e. The third-order valence-corrected chi connectivity index (χ3v) is 5.25. The zero-order chi connectivity index (χ0) is 19.2. The van der Waals surface area contributed by atoms with Gasteiger partial charge in [0.05, 0.1) is 7.11 Å². The molecule has 0 spiro atoms. The number of ether oxygens (including phenoxy) is 2. The maximum absolute atomic E-state index is 12.7. The zero-order valence-electron chi connectivity index (χ0n) is 16.0. The van der Waals surface area contributed by atoms with Crippen LogP contribution in [-0.4, -0.2) is 44.2 Å². The average Bonchev–Trinajstić information content (AvgIpc) is 3.04. The molecule has 2 rings (SSSR count). The van der Waals surface area contributed by atoms with Gasteiger partial charge in [-0.15, -0.1) is 11.5 Å². The van der Waals surface area contributed by atoms with Crippen molar-refractivity contribution in [2.45, 2.75) is 51.0 Å². The Morgan fingerprint density at radius 2 is 1.92 bits per heavy atom. The standard InChI is InChI=1S/C20H27NO4Si/c1-24-18(22)20(13-9-15-26(2,3)4)12-8-14-21(20)19(23)25-16-17-10-6-5-7-11-17/h5-7,10-11H,8,12-14,16H2,1-4H3/t20-/m1/s1. The molecule has 0 aromatic heterocycles. The predicted molar refractivity (Wildman–Crippen MR) is 103 cm³/mol. The van der Waals surface area contributed by atoms with E-state index >= 15 is 0 Å². The molecule has 1 heterocycles. The highest BCUT2D eigenvalue weighted by Crippen LogP contribution is 2.34.